The van der Waals surface area contributed by atoms with E-state index in [4.69, 9.17) is 34.8 Å². The highest BCUT2D eigenvalue weighted by molar-refractivity contribution is 6.35. The summed E-state index contributed by atoms with van der Waals surface area (Å²) >= 11 is 17.6. The molecule has 0 bridgehead atoms. The van der Waals surface area contributed by atoms with Crippen molar-refractivity contribution in [2.45, 2.75) is 6.54 Å². The second-order valence-corrected chi connectivity index (χ2v) is 5.62. The maximum absolute atomic E-state index is 11.7. The van der Waals surface area contributed by atoms with Crippen LogP contribution in [0.5, 0.6) is 0 Å². The first-order chi connectivity index (χ1) is 10.0. The molecule has 5 heteroatoms. The number of halogens is 3. The van der Waals surface area contributed by atoms with E-state index >= 15 is 0 Å². The molecule has 0 aliphatic rings. The second-order valence-electron chi connectivity index (χ2n) is 4.34. The first-order valence-corrected chi connectivity index (χ1v) is 7.33. The molecule has 2 aromatic rings. The predicted molar refractivity (Wildman–Crippen MR) is 88.8 cm³/mol. The van der Waals surface area contributed by atoms with Crippen molar-refractivity contribution < 1.29 is 4.79 Å². The van der Waals surface area contributed by atoms with Crippen LogP contribution < -0.4 is 5.32 Å². The number of hydrogen-bond acceptors (Lipinski definition) is 1. The lowest BCUT2D eigenvalue weighted by atomic mass is 10.2. The molecule has 1 N–H and O–H groups in total. The molecule has 21 heavy (non-hydrogen) atoms. The van der Waals surface area contributed by atoms with Gasteiger partial charge in [-0.3, -0.25) is 4.79 Å². The van der Waals surface area contributed by atoms with Gasteiger partial charge in [0.1, 0.15) is 0 Å². The topological polar surface area (TPSA) is 29.1 Å². The van der Waals surface area contributed by atoms with E-state index in [1.807, 2.05) is 12.1 Å². The molecule has 0 spiro atoms. The summed E-state index contributed by atoms with van der Waals surface area (Å²) < 4.78 is 0. The SMILES string of the molecule is O=C(C=Cc1ccc(Cl)cc1)NCc1ccc(Cl)cc1Cl. The van der Waals surface area contributed by atoms with Gasteiger partial charge < -0.3 is 5.32 Å². The summed E-state index contributed by atoms with van der Waals surface area (Å²) in [6, 6.07) is 12.4. The van der Waals surface area contributed by atoms with Gasteiger partial charge >= 0.3 is 0 Å². The summed E-state index contributed by atoms with van der Waals surface area (Å²) in [6.45, 7) is 0.347. The highest BCUT2D eigenvalue weighted by Gasteiger charge is 2.02. The van der Waals surface area contributed by atoms with Gasteiger partial charge in [0, 0.05) is 27.7 Å². The molecule has 0 unspecified atom stereocenters. The molecule has 0 atom stereocenters. The summed E-state index contributed by atoms with van der Waals surface area (Å²) in [6.07, 6.45) is 3.18. The Bertz CT molecular complexity index is 666. The first-order valence-electron chi connectivity index (χ1n) is 6.20. The lowest BCUT2D eigenvalue weighted by Crippen LogP contribution is -2.20. The Hall–Kier alpha value is -1.48. The molecule has 108 valence electrons. The lowest BCUT2D eigenvalue weighted by molar-refractivity contribution is -0.116. The van der Waals surface area contributed by atoms with Crippen LogP contribution in [0.15, 0.2) is 48.5 Å². The Labute approximate surface area is 138 Å². The number of carbonyl (C=O) groups excluding carboxylic acids is 1. The van der Waals surface area contributed by atoms with Crippen molar-refractivity contribution in [3.63, 3.8) is 0 Å². The maximum atomic E-state index is 11.7. The van der Waals surface area contributed by atoms with Crippen molar-refractivity contribution in [2.24, 2.45) is 0 Å². The van der Waals surface area contributed by atoms with Gasteiger partial charge in [0.15, 0.2) is 0 Å². The molecule has 2 aromatic carbocycles. The highest BCUT2D eigenvalue weighted by atomic mass is 35.5. The van der Waals surface area contributed by atoms with Gasteiger partial charge in [-0.25, -0.2) is 0 Å². The minimum atomic E-state index is -0.198. The Morgan fingerprint density at radius 1 is 1.00 bits per heavy atom. The van der Waals surface area contributed by atoms with Crippen LogP contribution in [0.3, 0.4) is 0 Å². The van der Waals surface area contributed by atoms with Crippen molar-refractivity contribution in [1.29, 1.82) is 0 Å². The van der Waals surface area contributed by atoms with E-state index in [-0.39, 0.29) is 5.91 Å². The van der Waals surface area contributed by atoms with Crippen molar-refractivity contribution >= 4 is 46.8 Å². The van der Waals surface area contributed by atoms with Crippen LogP contribution in [0, 0.1) is 0 Å². The third kappa shape index (κ3) is 5.09. The quantitative estimate of drug-likeness (QED) is 0.782. The number of amides is 1. The standard InChI is InChI=1S/C16H12Cl3NO/c17-13-5-1-11(2-6-13)3-8-16(21)20-10-12-4-7-14(18)9-15(12)19/h1-9H,10H2,(H,20,21). The average Bonchev–Trinajstić information content (AvgIpc) is 2.46. The van der Waals surface area contributed by atoms with E-state index in [2.05, 4.69) is 5.32 Å². The highest BCUT2D eigenvalue weighted by Crippen LogP contribution is 2.20. The molecule has 0 aromatic heterocycles. The van der Waals surface area contributed by atoms with E-state index in [1.165, 1.54) is 6.08 Å². The third-order valence-corrected chi connectivity index (χ3v) is 3.60. The molecule has 1 amide bonds. The van der Waals surface area contributed by atoms with Crippen LogP contribution in [0.2, 0.25) is 15.1 Å². The second kappa shape index (κ2) is 7.51. The zero-order chi connectivity index (χ0) is 15.2. The van der Waals surface area contributed by atoms with Gasteiger partial charge in [0.05, 0.1) is 0 Å². The van der Waals surface area contributed by atoms with Crippen LogP contribution in [0.1, 0.15) is 11.1 Å². The minimum Gasteiger partial charge on any atom is -0.348 e. The van der Waals surface area contributed by atoms with E-state index in [1.54, 1.807) is 36.4 Å². The van der Waals surface area contributed by atoms with Crippen molar-refractivity contribution in [3.05, 3.63) is 74.7 Å². The van der Waals surface area contributed by atoms with E-state index < -0.39 is 0 Å². The van der Waals surface area contributed by atoms with Crippen molar-refractivity contribution in [1.82, 2.24) is 5.32 Å². The molecular formula is C16H12Cl3NO. The van der Waals surface area contributed by atoms with Crippen LogP contribution in [0.25, 0.3) is 6.08 Å². The summed E-state index contributed by atoms with van der Waals surface area (Å²) in [5.41, 5.74) is 1.72. The van der Waals surface area contributed by atoms with Crippen LogP contribution >= 0.6 is 34.8 Å². The first kappa shape index (κ1) is 15.9. The van der Waals surface area contributed by atoms with Gasteiger partial charge in [-0.1, -0.05) is 53.0 Å². The Morgan fingerprint density at radius 3 is 2.33 bits per heavy atom. The minimum absolute atomic E-state index is 0.198. The molecule has 0 fully saturated rings. The van der Waals surface area contributed by atoms with Crippen LogP contribution in [-0.4, -0.2) is 5.91 Å². The number of benzene rings is 2. The summed E-state index contributed by atoms with van der Waals surface area (Å²) in [5, 5.41) is 4.52. The zero-order valence-electron chi connectivity index (χ0n) is 10.9. The number of nitrogens with one attached hydrogen (secondary N) is 1. The monoisotopic (exact) mass is 339 g/mol. The number of carbonyl (C=O) groups is 1. The van der Waals surface area contributed by atoms with E-state index in [0.717, 1.165) is 11.1 Å². The molecule has 0 heterocycles. The fraction of sp³-hybridized carbons (Fsp3) is 0.0625. The largest absolute Gasteiger partial charge is 0.348 e. The predicted octanol–water partition coefficient (Wildman–Crippen LogP) is 4.98. The van der Waals surface area contributed by atoms with E-state index in [9.17, 15) is 4.79 Å². The van der Waals surface area contributed by atoms with Crippen LogP contribution in [-0.2, 0) is 11.3 Å². The Kier molecular flexibility index (Phi) is 5.68. The molecule has 2 rings (SSSR count). The van der Waals surface area contributed by atoms with E-state index in [0.29, 0.717) is 21.6 Å². The Balaban J connectivity index is 1.91. The molecule has 0 aliphatic heterocycles. The smallest absolute Gasteiger partial charge is 0.244 e. The average molecular weight is 341 g/mol. The van der Waals surface area contributed by atoms with Gasteiger partial charge in [0.2, 0.25) is 5.91 Å². The number of hydrogen-bond donors (Lipinski definition) is 1. The molecule has 0 radical (unpaired) electrons. The fourth-order valence-electron chi connectivity index (χ4n) is 1.65. The summed E-state index contributed by atoms with van der Waals surface area (Å²) in [5.74, 6) is -0.198. The van der Waals surface area contributed by atoms with Crippen LogP contribution in [0.4, 0.5) is 0 Å². The summed E-state index contributed by atoms with van der Waals surface area (Å²) in [7, 11) is 0. The summed E-state index contributed by atoms with van der Waals surface area (Å²) in [4.78, 5) is 11.7. The molecule has 0 aliphatic carbocycles. The lowest BCUT2D eigenvalue weighted by Gasteiger charge is -2.05. The van der Waals surface area contributed by atoms with Crippen molar-refractivity contribution in [3.8, 4) is 0 Å². The maximum Gasteiger partial charge on any atom is 0.244 e. The normalized spacial score (nSPS) is 10.8. The van der Waals surface area contributed by atoms with Gasteiger partial charge in [-0.15, -0.1) is 0 Å². The molecule has 0 saturated carbocycles. The zero-order valence-corrected chi connectivity index (χ0v) is 13.2. The van der Waals surface area contributed by atoms with Gasteiger partial charge in [-0.05, 0) is 41.5 Å². The Morgan fingerprint density at radius 2 is 1.67 bits per heavy atom. The molecule has 0 saturated heterocycles. The van der Waals surface area contributed by atoms with Gasteiger partial charge in [0.25, 0.3) is 0 Å². The molecule has 2 nitrogen and oxygen atoms in total. The van der Waals surface area contributed by atoms with Gasteiger partial charge in [-0.2, -0.15) is 0 Å². The third-order valence-electron chi connectivity index (χ3n) is 2.77. The molecular weight excluding hydrogens is 329 g/mol. The fourth-order valence-corrected chi connectivity index (χ4v) is 2.25. The van der Waals surface area contributed by atoms with Crippen molar-refractivity contribution in [2.75, 3.05) is 0 Å². The number of rotatable bonds is 4.